The molecule has 1 aromatic carbocycles. The molecule has 8 heteroatoms. The average molecular weight is 372 g/mol. The molecule has 1 aromatic rings. The molecule has 2 atom stereocenters. The summed E-state index contributed by atoms with van der Waals surface area (Å²) in [4.78, 5) is 15.7. The third-order valence-corrected chi connectivity index (χ3v) is 4.05. The Morgan fingerprint density at radius 3 is 2.56 bits per heavy atom. The van der Waals surface area contributed by atoms with Crippen LogP contribution in [0.1, 0.15) is 32.4 Å². The number of hydrogen-bond acceptors (Lipinski definition) is 6. The summed E-state index contributed by atoms with van der Waals surface area (Å²) >= 11 is 0. The Kier molecular flexibility index (Phi) is 8.00. The van der Waals surface area contributed by atoms with Gasteiger partial charge in [0.05, 0.1) is 12.2 Å². The average Bonchev–Trinajstić information content (AvgIpc) is 2.70. The van der Waals surface area contributed by atoms with Gasteiger partial charge < -0.3 is 10.6 Å². The first-order valence-corrected chi connectivity index (χ1v) is 8.95. The molecule has 0 aromatic heterocycles. The van der Waals surface area contributed by atoms with E-state index in [9.17, 15) is 4.79 Å². The van der Waals surface area contributed by atoms with E-state index in [-0.39, 0.29) is 18.1 Å². The molecule has 27 heavy (non-hydrogen) atoms. The number of carbonyl (C=O) groups is 1. The maximum atomic E-state index is 11.0. The summed E-state index contributed by atoms with van der Waals surface area (Å²) in [5, 5.41) is 14.8. The van der Waals surface area contributed by atoms with Gasteiger partial charge in [-0.3, -0.25) is 15.0 Å². The highest BCUT2D eigenvalue weighted by atomic mass is 16.5. The number of nitrogens with one attached hydrogen (secondary N) is 5. The molecule has 0 saturated heterocycles. The van der Waals surface area contributed by atoms with Crippen molar-refractivity contribution in [1.82, 2.24) is 27.0 Å². The van der Waals surface area contributed by atoms with Gasteiger partial charge in [-0.15, -0.1) is 0 Å². The second-order valence-electron chi connectivity index (χ2n) is 6.59. The maximum Gasteiger partial charge on any atom is 0.267 e. The summed E-state index contributed by atoms with van der Waals surface area (Å²) in [6.45, 7) is 6.81. The van der Waals surface area contributed by atoms with E-state index in [1.807, 2.05) is 18.2 Å². The molecule has 8 nitrogen and oxygen atoms in total. The summed E-state index contributed by atoms with van der Waals surface area (Å²) in [5.74, 6) is 0.493. The highest BCUT2D eigenvalue weighted by molar-refractivity contribution is 5.88. The van der Waals surface area contributed by atoms with Gasteiger partial charge in [-0.2, -0.15) is 0 Å². The van der Waals surface area contributed by atoms with Crippen molar-refractivity contribution in [3.05, 3.63) is 59.9 Å². The maximum absolute atomic E-state index is 11.0. The van der Waals surface area contributed by atoms with E-state index in [1.165, 1.54) is 11.6 Å². The lowest BCUT2D eigenvalue weighted by Gasteiger charge is -2.25. The fourth-order valence-electron chi connectivity index (χ4n) is 2.39. The van der Waals surface area contributed by atoms with Crippen molar-refractivity contribution >= 4 is 11.7 Å². The molecule has 0 saturated carbocycles. The number of nitrogens with zero attached hydrogens (tertiary/aromatic N) is 1. The summed E-state index contributed by atoms with van der Waals surface area (Å²) < 4.78 is 0. The molecular weight excluding hydrogens is 344 g/mol. The van der Waals surface area contributed by atoms with Gasteiger partial charge in [0.15, 0.2) is 0 Å². The minimum Gasteiger partial charge on any atom is -0.377 e. The highest BCUT2D eigenvalue weighted by Crippen LogP contribution is 2.11. The second kappa shape index (κ2) is 10.5. The number of allylic oxidation sites excluding steroid dienone is 1. The number of hydrogen-bond donors (Lipinski definition) is 6. The summed E-state index contributed by atoms with van der Waals surface area (Å²) in [6.07, 6.45) is 4.42. The Morgan fingerprint density at radius 1 is 1.22 bits per heavy atom. The van der Waals surface area contributed by atoms with Gasteiger partial charge >= 0.3 is 0 Å². The van der Waals surface area contributed by atoms with Crippen LogP contribution in [0.15, 0.2) is 59.4 Å². The number of amidine groups is 1. The fourth-order valence-corrected chi connectivity index (χ4v) is 2.39. The SMILES string of the molecule is CC(NNC(/N=C1\CNC(/C=C/C(=O)NO)=CN1)C(C)C)c1ccccc1. The Bertz CT molecular complexity index is 699. The summed E-state index contributed by atoms with van der Waals surface area (Å²) in [7, 11) is 0. The molecular formula is C19H28N6O2. The standard InChI is InChI=1S/C19H28N6O2/c1-13(2)19(24-23-14(3)15-7-5-4-6-8-15)22-17-12-20-16(11-21-17)9-10-18(26)25-27/h4-11,13-14,19-20,23-24,27H,12H2,1-3H3,(H,21,22)(H,25,26)/b10-9+. The van der Waals surface area contributed by atoms with Gasteiger partial charge in [0.2, 0.25) is 0 Å². The van der Waals surface area contributed by atoms with Gasteiger partial charge in [-0.25, -0.2) is 16.3 Å². The predicted molar refractivity (Wildman–Crippen MR) is 105 cm³/mol. The van der Waals surface area contributed by atoms with Crippen LogP contribution in [0.4, 0.5) is 0 Å². The monoisotopic (exact) mass is 372 g/mol. The van der Waals surface area contributed by atoms with E-state index in [1.54, 1.807) is 17.8 Å². The lowest BCUT2D eigenvalue weighted by Crippen LogP contribution is -2.46. The highest BCUT2D eigenvalue weighted by Gasteiger charge is 2.15. The molecule has 0 bridgehead atoms. The van der Waals surface area contributed by atoms with E-state index in [4.69, 9.17) is 10.2 Å². The Labute approximate surface area is 159 Å². The molecule has 0 aliphatic carbocycles. The molecule has 0 fully saturated rings. The van der Waals surface area contributed by atoms with Crippen LogP contribution in [0.3, 0.4) is 0 Å². The molecule has 0 spiro atoms. The number of aliphatic imine (C=N–C) groups is 1. The second-order valence-corrected chi connectivity index (χ2v) is 6.59. The van der Waals surface area contributed by atoms with E-state index in [0.29, 0.717) is 6.54 Å². The normalized spacial score (nSPS) is 18.0. The third kappa shape index (κ3) is 6.86. The van der Waals surface area contributed by atoms with E-state index in [2.05, 4.69) is 54.4 Å². The molecule has 146 valence electrons. The van der Waals surface area contributed by atoms with Crippen LogP contribution in [0.25, 0.3) is 0 Å². The Balaban J connectivity index is 1.92. The molecule has 1 aliphatic rings. The van der Waals surface area contributed by atoms with Gasteiger partial charge in [-0.05, 0) is 24.5 Å². The van der Waals surface area contributed by atoms with Crippen LogP contribution in [0, 0.1) is 5.92 Å². The third-order valence-electron chi connectivity index (χ3n) is 4.05. The first-order valence-electron chi connectivity index (χ1n) is 8.95. The summed E-state index contributed by atoms with van der Waals surface area (Å²) in [6, 6.07) is 10.4. The molecule has 0 radical (unpaired) electrons. The molecule has 1 amide bonds. The molecule has 6 N–H and O–H groups in total. The molecule has 1 heterocycles. The van der Waals surface area contributed by atoms with E-state index in [0.717, 1.165) is 11.5 Å². The van der Waals surface area contributed by atoms with Crippen LogP contribution in [0.2, 0.25) is 0 Å². The first-order chi connectivity index (χ1) is 13.0. The number of carbonyl (C=O) groups excluding carboxylic acids is 1. The fraction of sp³-hybridized carbons (Fsp3) is 0.368. The van der Waals surface area contributed by atoms with Crippen molar-refractivity contribution in [1.29, 1.82) is 0 Å². The zero-order valence-corrected chi connectivity index (χ0v) is 15.9. The van der Waals surface area contributed by atoms with Gasteiger partial charge in [0.1, 0.15) is 12.0 Å². The van der Waals surface area contributed by atoms with Crippen LogP contribution in [-0.2, 0) is 4.79 Å². The zero-order valence-electron chi connectivity index (χ0n) is 15.9. The molecule has 2 rings (SSSR count). The Hall–Kier alpha value is -2.68. The van der Waals surface area contributed by atoms with Crippen LogP contribution in [-0.4, -0.2) is 29.7 Å². The van der Waals surface area contributed by atoms with Crippen molar-refractivity contribution in [3.63, 3.8) is 0 Å². The number of benzene rings is 1. The van der Waals surface area contributed by atoms with Gasteiger partial charge in [0.25, 0.3) is 5.91 Å². The van der Waals surface area contributed by atoms with Crippen LogP contribution in [0.5, 0.6) is 0 Å². The number of hydrazine groups is 1. The molecule has 2 unspecified atom stereocenters. The number of amides is 1. The van der Waals surface area contributed by atoms with Crippen molar-refractivity contribution < 1.29 is 10.0 Å². The van der Waals surface area contributed by atoms with Crippen LogP contribution < -0.4 is 27.0 Å². The minimum atomic E-state index is -0.583. The van der Waals surface area contributed by atoms with E-state index >= 15 is 0 Å². The smallest absolute Gasteiger partial charge is 0.267 e. The quantitative estimate of drug-likeness (QED) is 0.233. The topological polar surface area (TPSA) is 110 Å². The number of rotatable bonds is 8. The Morgan fingerprint density at radius 2 is 1.96 bits per heavy atom. The zero-order chi connectivity index (χ0) is 19.6. The van der Waals surface area contributed by atoms with Gasteiger partial charge in [-0.1, -0.05) is 44.2 Å². The van der Waals surface area contributed by atoms with Crippen LogP contribution >= 0.6 is 0 Å². The van der Waals surface area contributed by atoms with Gasteiger partial charge in [0, 0.05) is 18.3 Å². The molecule has 1 aliphatic heterocycles. The van der Waals surface area contributed by atoms with Crippen molar-refractivity contribution in [2.75, 3.05) is 6.54 Å². The lowest BCUT2D eigenvalue weighted by molar-refractivity contribution is -0.124. The van der Waals surface area contributed by atoms with Crippen molar-refractivity contribution in [3.8, 4) is 0 Å². The summed E-state index contributed by atoms with van der Waals surface area (Å²) in [5.41, 5.74) is 10.1. The van der Waals surface area contributed by atoms with Crippen molar-refractivity contribution in [2.24, 2.45) is 10.9 Å². The first kappa shape index (κ1) is 20.6. The largest absolute Gasteiger partial charge is 0.377 e. The van der Waals surface area contributed by atoms with Crippen molar-refractivity contribution in [2.45, 2.75) is 33.0 Å². The number of hydroxylamine groups is 1. The predicted octanol–water partition coefficient (Wildman–Crippen LogP) is 1.32. The lowest BCUT2D eigenvalue weighted by atomic mass is 10.1. The minimum absolute atomic E-state index is 0.105. The van der Waals surface area contributed by atoms with E-state index < -0.39 is 5.91 Å².